The van der Waals surface area contributed by atoms with Crippen LogP contribution in [0.4, 0.5) is 0 Å². The second kappa shape index (κ2) is 7.28. The fourth-order valence-electron chi connectivity index (χ4n) is 2.13. The highest BCUT2D eigenvalue weighted by Gasteiger charge is 2.21. The predicted octanol–water partition coefficient (Wildman–Crippen LogP) is 3.29. The van der Waals surface area contributed by atoms with Crippen LogP contribution in [0.1, 0.15) is 50.2 Å². The molecular weight excluding hydrogens is 314 g/mol. The second-order valence-electron chi connectivity index (χ2n) is 5.39. The quantitative estimate of drug-likeness (QED) is 0.823. The van der Waals surface area contributed by atoms with Crippen molar-refractivity contribution in [3.05, 3.63) is 51.2 Å². The Bertz CT molecular complexity index is 721. The molecule has 0 atom stereocenters. The van der Waals surface area contributed by atoms with Crippen molar-refractivity contribution in [2.75, 3.05) is 7.11 Å². The number of carbonyl (C=O) groups excluding carboxylic acids is 2. The number of benzene rings is 1. The lowest BCUT2D eigenvalue weighted by atomic mass is 10.0. The first-order chi connectivity index (χ1) is 10.9. The number of methoxy groups -OCH3 is 1. The third-order valence-corrected chi connectivity index (χ3v) is 4.47. The van der Waals surface area contributed by atoms with Gasteiger partial charge in [0.25, 0.3) is 5.91 Å². The minimum absolute atomic E-state index is 0.118. The molecule has 2 aromatic rings. The summed E-state index contributed by atoms with van der Waals surface area (Å²) in [5, 5.41) is 12.2. The molecule has 0 aliphatic carbocycles. The molecular formula is C17H19NO4S. The van der Waals surface area contributed by atoms with Crippen molar-refractivity contribution in [1.29, 1.82) is 0 Å². The van der Waals surface area contributed by atoms with Gasteiger partial charge >= 0.3 is 5.97 Å². The molecule has 1 aromatic carbocycles. The van der Waals surface area contributed by atoms with E-state index in [1.165, 1.54) is 7.11 Å². The van der Waals surface area contributed by atoms with Crippen molar-refractivity contribution in [3.63, 3.8) is 0 Å². The van der Waals surface area contributed by atoms with Crippen molar-refractivity contribution >= 4 is 23.2 Å². The maximum absolute atomic E-state index is 12.3. The number of amides is 1. The van der Waals surface area contributed by atoms with Crippen molar-refractivity contribution in [1.82, 2.24) is 5.32 Å². The summed E-state index contributed by atoms with van der Waals surface area (Å²) in [7, 11) is 1.33. The van der Waals surface area contributed by atoms with Gasteiger partial charge in [0.05, 0.1) is 12.0 Å². The Kier molecular flexibility index (Phi) is 5.39. The average molecular weight is 333 g/mol. The third kappa shape index (κ3) is 4.10. The van der Waals surface area contributed by atoms with Gasteiger partial charge in [-0.2, -0.15) is 0 Å². The average Bonchev–Trinajstić information content (AvgIpc) is 2.97. The summed E-state index contributed by atoms with van der Waals surface area (Å²) in [4.78, 5) is 25.0. The van der Waals surface area contributed by atoms with Gasteiger partial charge in [-0.1, -0.05) is 26.0 Å². The summed E-state index contributed by atoms with van der Waals surface area (Å²) in [6.45, 7) is 4.22. The standard InChI is InChI=1S/C17H19NO4S/c1-10(2)13-8-14(23-15(13)17(21)22-3)16(20)18-9-11-5-4-6-12(19)7-11/h4-8,10,19H,9H2,1-3H3,(H,18,20). The Labute approximate surface area is 138 Å². The normalized spacial score (nSPS) is 10.6. The zero-order chi connectivity index (χ0) is 17.0. The summed E-state index contributed by atoms with van der Waals surface area (Å²) in [5.74, 6) is -0.406. The maximum Gasteiger partial charge on any atom is 0.348 e. The lowest BCUT2D eigenvalue weighted by molar-refractivity contribution is 0.0604. The Hall–Kier alpha value is -2.34. The SMILES string of the molecule is COC(=O)c1sc(C(=O)NCc2cccc(O)c2)cc1C(C)C. The summed E-state index contributed by atoms with van der Waals surface area (Å²) >= 11 is 1.13. The number of hydrogen-bond acceptors (Lipinski definition) is 5. The van der Waals surface area contributed by atoms with Crippen LogP contribution in [0.3, 0.4) is 0 Å². The van der Waals surface area contributed by atoms with Gasteiger partial charge in [0.15, 0.2) is 0 Å². The van der Waals surface area contributed by atoms with Crippen molar-refractivity contribution < 1.29 is 19.4 Å². The monoisotopic (exact) mass is 333 g/mol. The number of rotatable bonds is 5. The number of aromatic hydroxyl groups is 1. The summed E-state index contributed by atoms with van der Waals surface area (Å²) < 4.78 is 4.77. The number of esters is 1. The Balaban J connectivity index is 2.14. The fraction of sp³-hybridized carbons (Fsp3) is 0.294. The number of nitrogens with one attached hydrogen (secondary N) is 1. The molecule has 0 aliphatic rings. The van der Waals surface area contributed by atoms with Crippen LogP contribution in [-0.2, 0) is 11.3 Å². The number of phenols is 1. The van der Waals surface area contributed by atoms with Crippen LogP contribution in [0.15, 0.2) is 30.3 Å². The highest BCUT2D eigenvalue weighted by molar-refractivity contribution is 7.16. The van der Waals surface area contributed by atoms with Gasteiger partial charge in [0.2, 0.25) is 0 Å². The molecule has 1 amide bonds. The molecule has 0 saturated heterocycles. The van der Waals surface area contributed by atoms with Gasteiger partial charge in [-0.25, -0.2) is 4.79 Å². The van der Waals surface area contributed by atoms with Gasteiger partial charge in [0.1, 0.15) is 10.6 Å². The van der Waals surface area contributed by atoms with Crippen LogP contribution in [-0.4, -0.2) is 24.1 Å². The first-order valence-electron chi connectivity index (χ1n) is 7.20. The first-order valence-corrected chi connectivity index (χ1v) is 8.02. The molecule has 0 saturated carbocycles. The van der Waals surface area contributed by atoms with Crippen LogP contribution < -0.4 is 5.32 Å². The predicted molar refractivity (Wildman–Crippen MR) is 89.0 cm³/mol. The van der Waals surface area contributed by atoms with Gasteiger partial charge in [0, 0.05) is 6.54 Å². The lowest BCUT2D eigenvalue weighted by Gasteiger charge is -2.04. The zero-order valence-electron chi connectivity index (χ0n) is 13.3. The fourth-order valence-corrected chi connectivity index (χ4v) is 3.28. The van der Waals surface area contributed by atoms with E-state index in [2.05, 4.69) is 5.32 Å². The molecule has 1 aromatic heterocycles. The molecule has 5 nitrogen and oxygen atoms in total. The summed E-state index contributed by atoms with van der Waals surface area (Å²) in [6, 6.07) is 8.43. The van der Waals surface area contributed by atoms with E-state index in [4.69, 9.17) is 4.74 Å². The molecule has 0 spiro atoms. The van der Waals surface area contributed by atoms with Crippen LogP contribution >= 0.6 is 11.3 Å². The highest BCUT2D eigenvalue weighted by Crippen LogP contribution is 2.29. The van der Waals surface area contributed by atoms with Crippen molar-refractivity contribution in [2.45, 2.75) is 26.3 Å². The zero-order valence-corrected chi connectivity index (χ0v) is 14.1. The van der Waals surface area contributed by atoms with E-state index >= 15 is 0 Å². The van der Waals surface area contributed by atoms with E-state index in [1.807, 2.05) is 19.9 Å². The van der Waals surface area contributed by atoms with Crippen LogP contribution in [0.25, 0.3) is 0 Å². The topological polar surface area (TPSA) is 75.6 Å². The number of ether oxygens (including phenoxy) is 1. The molecule has 0 radical (unpaired) electrons. The van der Waals surface area contributed by atoms with Crippen LogP contribution in [0, 0.1) is 0 Å². The molecule has 6 heteroatoms. The van der Waals surface area contributed by atoms with E-state index in [0.717, 1.165) is 22.5 Å². The molecule has 122 valence electrons. The van der Waals surface area contributed by atoms with Gasteiger partial charge in [-0.15, -0.1) is 11.3 Å². The highest BCUT2D eigenvalue weighted by atomic mass is 32.1. The second-order valence-corrected chi connectivity index (χ2v) is 6.45. The molecule has 23 heavy (non-hydrogen) atoms. The number of phenolic OH excluding ortho intramolecular Hbond substituents is 1. The number of carbonyl (C=O) groups is 2. The molecule has 0 unspecified atom stereocenters. The molecule has 2 rings (SSSR count). The molecule has 0 aliphatic heterocycles. The van der Waals surface area contributed by atoms with Gasteiger partial charge < -0.3 is 15.2 Å². The number of thiophene rings is 1. The minimum Gasteiger partial charge on any atom is -0.508 e. The van der Waals surface area contributed by atoms with Crippen LogP contribution in [0.2, 0.25) is 0 Å². The smallest absolute Gasteiger partial charge is 0.348 e. The Morgan fingerprint density at radius 2 is 2.04 bits per heavy atom. The Morgan fingerprint density at radius 3 is 2.65 bits per heavy atom. The van der Waals surface area contributed by atoms with E-state index in [1.54, 1.807) is 24.3 Å². The van der Waals surface area contributed by atoms with Gasteiger partial charge in [-0.05, 0) is 35.2 Å². The molecule has 2 N–H and O–H groups in total. The Morgan fingerprint density at radius 1 is 1.30 bits per heavy atom. The molecule has 0 bridgehead atoms. The maximum atomic E-state index is 12.3. The first kappa shape index (κ1) is 17.0. The molecule has 1 heterocycles. The lowest BCUT2D eigenvalue weighted by Crippen LogP contribution is -2.21. The van der Waals surface area contributed by atoms with Gasteiger partial charge in [-0.3, -0.25) is 4.79 Å². The van der Waals surface area contributed by atoms with E-state index in [9.17, 15) is 14.7 Å². The minimum atomic E-state index is -0.425. The summed E-state index contributed by atoms with van der Waals surface area (Å²) in [6.07, 6.45) is 0. The largest absolute Gasteiger partial charge is 0.508 e. The van der Waals surface area contributed by atoms with Crippen LogP contribution in [0.5, 0.6) is 5.75 Å². The number of hydrogen-bond donors (Lipinski definition) is 2. The van der Waals surface area contributed by atoms with E-state index in [0.29, 0.717) is 16.3 Å². The van der Waals surface area contributed by atoms with Crippen molar-refractivity contribution in [3.8, 4) is 5.75 Å². The summed E-state index contributed by atoms with van der Waals surface area (Å²) in [5.41, 5.74) is 1.61. The third-order valence-electron chi connectivity index (χ3n) is 3.34. The van der Waals surface area contributed by atoms with E-state index < -0.39 is 5.97 Å². The molecule has 0 fully saturated rings. The van der Waals surface area contributed by atoms with E-state index in [-0.39, 0.29) is 17.6 Å². The van der Waals surface area contributed by atoms with Crippen molar-refractivity contribution in [2.24, 2.45) is 0 Å².